The van der Waals surface area contributed by atoms with E-state index < -0.39 is 0 Å². The molecule has 1 aromatic carbocycles. The predicted molar refractivity (Wildman–Crippen MR) is 139 cm³/mol. The molecule has 2 heteroatoms. The van der Waals surface area contributed by atoms with Gasteiger partial charge < -0.3 is 0 Å². The highest BCUT2D eigenvalue weighted by molar-refractivity contribution is 6.00. The van der Waals surface area contributed by atoms with Gasteiger partial charge in [-0.15, -0.1) is 0 Å². The summed E-state index contributed by atoms with van der Waals surface area (Å²) in [5.74, 6) is 2.13. The van der Waals surface area contributed by atoms with E-state index in [1.807, 2.05) is 0 Å². The molecule has 3 atom stereocenters. The lowest BCUT2D eigenvalue weighted by Crippen LogP contribution is -2.29. The number of ketones is 2. The average molecular weight is 443 g/mol. The van der Waals surface area contributed by atoms with E-state index in [0.717, 1.165) is 44.1 Å². The lowest BCUT2D eigenvalue weighted by molar-refractivity contribution is -0.125. The summed E-state index contributed by atoms with van der Waals surface area (Å²) < 4.78 is 0. The van der Waals surface area contributed by atoms with Crippen LogP contribution in [0, 0.1) is 31.6 Å². The molecule has 1 aliphatic carbocycles. The Balaban J connectivity index is 0.00000161. The van der Waals surface area contributed by atoms with Crippen LogP contribution in [0.4, 0.5) is 0 Å². The SMILES string of the molecule is CCC.CCCC(=O)C(CC)C(CCC)CC1CC(=O)c2c(C)c(C)cc(C(C)C)c2C1. The van der Waals surface area contributed by atoms with Gasteiger partial charge in [0.05, 0.1) is 0 Å². The molecular weight excluding hydrogens is 392 g/mol. The van der Waals surface area contributed by atoms with Gasteiger partial charge in [0, 0.05) is 24.3 Å². The molecule has 0 aliphatic heterocycles. The van der Waals surface area contributed by atoms with Crippen LogP contribution in [0.25, 0.3) is 0 Å². The van der Waals surface area contributed by atoms with Crippen LogP contribution in [0.5, 0.6) is 0 Å². The minimum atomic E-state index is 0.163. The topological polar surface area (TPSA) is 34.1 Å². The Morgan fingerprint density at radius 3 is 2.16 bits per heavy atom. The number of aryl methyl sites for hydroxylation is 1. The fourth-order valence-electron chi connectivity index (χ4n) is 5.54. The second kappa shape index (κ2) is 14.0. The number of carbonyl (C=O) groups is 2. The quantitative estimate of drug-likeness (QED) is 0.363. The summed E-state index contributed by atoms with van der Waals surface area (Å²) in [4.78, 5) is 25.9. The molecule has 32 heavy (non-hydrogen) atoms. The van der Waals surface area contributed by atoms with Crippen LogP contribution in [0.15, 0.2) is 6.07 Å². The second-order valence-corrected chi connectivity index (χ2v) is 10.3. The van der Waals surface area contributed by atoms with Gasteiger partial charge in [-0.05, 0) is 79.5 Å². The Hall–Kier alpha value is -1.44. The van der Waals surface area contributed by atoms with Gasteiger partial charge in [-0.2, -0.15) is 0 Å². The maximum absolute atomic E-state index is 13.2. The molecule has 1 aromatic rings. The first kappa shape index (κ1) is 28.6. The zero-order valence-corrected chi connectivity index (χ0v) is 22.6. The highest BCUT2D eigenvalue weighted by atomic mass is 16.1. The molecule has 0 aromatic heterocycles. The molecule has 0 heterocycles. The van der Waals surface area contributed by atoms with Gasteiger partial charge in [0.15, 0.2) is 5.78 Å². The van der Waals surface area contributed by atoms with E-state index in [9.17, 15) is 9.59 Å². The third-order valence-corrected chi connectivity index (χ3v) is 7.07. The van der Waals surface area contributed by atoms with E-state index in [2.05, 4.69) is 68.4 Å². The third-order valence-electron chi connectivity index (χ3n) is 7.07. The van der Waals surface area contributed by atoms with Crippen LogP contribution in [0.2, 0.25) is 0 Å². The highest BCUT2D eigenvalue weighted by Gasteiger charge is 2.34. The third kappa shape index (κ3) is 7.29. The Morgan fingerprint density at radius 2 is 1.66 bits per heavy atom. The van der Waals surface area contributed by atoms with Crippen molar-refractivity contribution in [1.82, 2.24) is 0 Å². The molecule has 2 nitrogen and oxygen atoms in total. The molecule has 0 saturated carbocycles. The molecule has 2 rings (SSSR count). The van der Waals surface area contributed by atoms with Gasteiger partial charge in [-0.3, -0.25) is 9.59 Å². The van der Waals surface area contributed by atoms with Crippen LogP contribution in [-0.4, -0.2) is 11.6 Å². The largest absolute Gasteiger partial charge is 0.299 e. The van der Waals surface area contributed by atoms with E-state index >= 15 is 0 Å². The van der Waals surface area contributed by atoms with Crippen LogP contribution in [0.1, 0.15) is 138 Å². The summed E-state index contributed by atoms with van der Waals surface area (Å²) in [6.45, 7) is 19.4. The Labute approximate surface area is 199 Å². The number of Topliss-reactive ketones (excluding diaryl/α,β-unsaturated/α-hetero) is 2. The summed E-state index contributed by atoms with van der Waals surface area (Å²) in [6.07, 6.45) is 8.65. The van der Waals surface area contributed by atoms with Crippen molar-refractivity contribution in [1.29, 1.82) is 0 Å². The minimum absolute atomic E-state index is 0.163. The predicted octanol–water partition coefficient (Wildman–Crippen LogP) is 8.79. The molecule has 0 N–H and O–H groups in total. The number of carbonyl (C=O) groups excluding carboxylic acids is 2. The van der Waals surface area contributed by atoms with Crippen molar-refractivity contribution in [2.75, 3.05) is 0 Å². The lowest BCUT2D eigenvalue weighted by atomic mass is 9.70. The van der Waals surface area contributed by atoms with Crippen molar-refractivity contribution in [3.05, 3.63) is 33.9 Å². The Bertz CT molecular complexity index is 744. The van der Waals surface area contributed by atoms with Crippen molar-refractivity contribution in [3.63, 3.8) is 0 Å². The van der Waals surface area contributed by atoms with Crippen molar-refractivity contribution >= 4 is 11.6 Å². The van der Waals surface area contributed by atoms with E-state index in [1.54, 1.807) is 0 Å². The fraction of sp³-hybridized carbons (Fsp3) is 0.733. The number of rotatable bonds is 10. The van der Waals surface area contributed by atoms with Crippen LogP contribution in [0.3, 0.4) is 0 Å². The molecule has 0 radical (unpaired) electrons. The van der Waals surface area contributed by atoms with Crippen LogP contribution in [-0.2, 0) is 11.2 Å². The standard InChI is InChI=1S/C27H42O2.C3H8/c1-8-11-21(22(10-3)25(28)12-9-2)14-20-15-24-23(17(4)5)13-18(6)19(7)27(24)26(29)16-20;1-3-2/h13,17,20-22H,8-12,14-16H2,1-7H3;3H2,1-2H3. The van der Waals surface area contributed by atoms with Crippen LogP contribution < -0.4 is 0 Å². The molecule has 0 spiro atoms. The molecule has 182 valence electrons. The first-order valence-electron chi connectivity index (χ1n) is 13.3. The first-order valence-corrected chi connectivity index (χ1v) is 13.3. The van der Waals surface area contributed by atoms with Crippen molar-refractivity contribution < 1.29 is 9.59 Å². The second-order valence-electron chi connectivity index (χ2n) is 10.3. The van der Waals surface area contributed by atoms with Gasteiger partial charge >= 0.3 is 0 Å². The zero-order chi connectivity index (χ0) is 24.4. The zero-order valence-electron chi connectivity index (χ0n) is 22.6. The fourth-order valence-corrected chi connectivity index (χ4v) is 5.54. The Morgan fingerprint density at radius 1 is 1.03 bits per heavy atom. The van der Waals surface area contributed by atoms with Crippen molar-refractivity contribution in [3.8, 4) is 0 Å². The van der Waals surface area contributed by atoms with Gasteiger partial charge in [-0.1, -0.05) is 73.8 Å². The lowest BCUT2D eigenvalue weighted by Gasteiger charge is -2.33. The van der Waals surface area contributed by atoms with Gasteiger partial charge in [-0.25, -0.2) is 0 Å². The summed E-state index contributed by atoms with van der Waals surface area (Å²) in [7, 11) is 0. The molecule has 0 fully saturated rings. The average Bonchev–Trinajstić information content (AvgIpc) is 2.71. The smallest absolute Gasteiger partial charge is 0.163 e. The van der Waals surface area contributed by atoms with Gasteiger partial charge in [0.25, 0.3) is 0 Å². The minimum Gasteiger partial charge on any atom is -0.299 e. The summed E-state index contributed by atoms with van der Waals surface area (Å²) in [6, 6.07) is 2.30. The molecule has 3 unspecified atom stereocenters. The van der Waals surface area contributed by atoms with Crippen molar-refractivity contribution in [2.45, 2.75) is 126 Å². The first-order chi connectivity index (χ1) is 15.2. The van der Waals surface area contributed by atoms with E-state index in [-0.39, 0.29) is 5.92 Å². The molecule has 1 aliphatic rings. The van der Waals surface area contributed by atoms with E-state index in [1.165, 1.54) is 28.7 Å². The number of benzene rings is 1. The molecule has 0 bridgehead atoms. The molecular formula is C30H50O2. The van der Waals surface area contributed by atoms with Gasteiger partial charge in [0.1, 0.15) is 5.78 Å². The summed E-state index contributed by atoms with van der Waals surface area (Å²) >= 11 is 0. The maximum atomic E-state index is 13.2. The monoisotopic (exact) mass is 442 g/mol. The summed E-state index contributed by atoms with van der Waals surface area (Å²) in [5, 5.41) is 0. The molecule has 0 saturated heterocycles. The normalized spacial score (nSPS) is 17.4. The van der Waals surface area contributed by atoms with Crippen LogP contribution >= 0.6 is 0 Å². The van der Waals surface area contributed by atoms with E-state index in [4.69, 9.17) is 0 Å². The van der Waals surface area contributed by atoms with E-state index in [0.29, 0.717) is 42.2 Å². The number of fused-ring (bicyclic) bond motifs is 1. The highest BCUT2D eigenvalue weighted by Crippen LogP contribution is 2.39. The van der Waals surface area contributed by atoms with Gasteiger partial charge in [0.2, 0.25) is 0 Å². The maximum Gasteiger partial charge on any atom is 0.163 e. The number of hydrogen-bond donors (Lipinski definition) is 0. The number of hydrogen-bond acceptors (Lipinski definition) is 2. The summed E-state index contributed by atoms with van der Waals surface area (Å²) in [5.41, 5.74) is 6.06. The van der Waals surface area contributed by atoms with Crippen molar-refractivity contribution in [2.24, 2.45) is 17.8 Å². The Kier molecular flexibility index (Phi) is 12.5. The molecule has 0 amide bonds.